The molecule has 0 amide bonds. The lowest BCUT2D eigenvalue weighted by molar-refractivity contribution is -0.0352. The molecule has 3 rings (SSSR count). The highest BCUT2D eigenvalue weighted by Crippen LogP contribution is 2.29. The van der Waals surface area contributed by atoms with E-state index in [0.29, 0.717) is 36.1 Å². The summed E-state index contributed by atoms with van der Waals surface area (Å²) in [6.07, 6.45) is 2.29. The molecule has 0 spiro atoms. The minimum absolute atomic E-state index is 0.288. The first-order valence-electron chi connectivity index (χ1n) is 7.13. The van der Waals surface area contributed by atoms with Crippen LogP contribution in [0.5, 0.6) is 0 Å². The van der Waals surface area contributed by atoms with Crippen molar-refractivity contribution in [2.45, 2.75) is 19.2 Å². The highest BCUT2D eigenvalue weighted by Gasteiger charge is 2.25. The number of imidazole rings is 1. The van der Waals surface area contributed by atoms with Crippen molar-refractivity contribution in [3.63, 3.8) is 0 Å². The summed E-state index contributed by atoms with van der Waals surface area (Å²) in [5.41, 5.74) is 0.690. The van der Waals surface area contributed by atoms with Crippen molar-refractivity contribution in [1.82, 2.24) is 14.5 Å². The van der Waals surface area contributed by atoms with Gasteiger partial charge in [-0.3, -0.25) is 9.47 Å². The molecule has 0 bridgehead atoms. The first-order valence-corrected chi connectivity index (χ1v) is 7.51. The molecule has 0 aliphatic carbocycles. The van der Waals surface area contributed by atoms with E-state index in [2.05, 4.69) is 4.98 Å². The molecule has 0 radical (unpaired) electrons. The molecule has 0 saturated carbocycles. The van der Waals surface area contributed by atoms with E-state index in [9.17, 15) is 13.2 Å². The summed E-state index contributed by atoms with van der Waals surface area (Å²) in [5.74, 6) is -0.115. The van der Waals surface area contributed by atoms with Gasteiger partial charge in [0.2, 0.25) is 0 Å². The molecular weight excluding hydrogens is 331 g/mol. The molecule has 124 valence electrons. The van der Waals surface area contributed by atoms with Crippen LogP contribution in [0.25, 0.3) is 0 Å². The van der Waals surface area contributed by atoms with Crippen LogP contribution in [0.2, 0.25) is 5.02 Å². The van der Waals surface area contributed by atoms with Gasteiger partial charge in [0.25, 0.3) is 0 Å². The number of alkyl halides is 2. The van der Waals surface area contributed by atoms with E-state index in [1.54, 1.807) is 6.07 Å². The number of rotatable bonds is 4. The van der Waals surface area contributed by atoms with Gasteiger partial charge in [-0.05, 0) is 12.1 Å². The van der Waals surface area contributed by atoms with Gasteiger partial charge >= 0.3 is 6.55 Å². The summed E-state index contributed by atoms with van der Waals surface area (Å²) in [5, 5.41) is 0.297. The van der Waals surface area contributed by atoms with Gasteiger partial charge in [-0.25, -0.2) is 9.37 Å². The average molecular weight is 346 g/mol. The van der Waals surface area contributed by atoms with Gasteiger partial charge in [0.05, 0.1) is 19.3 Å². The second-order valence-electron chi connectivity index (χ2n) is 5.29. The molecule has 1 aliphatic heterocycles. The molecule has 4 nitrogen and oxygen atoms in total. The number of hydrogen-bond donors (Lipinski definition) is 0. The third-order valence-electron chi connectivity index (χ3n) is 3.78. The quantitative estimate of drug-likeness (QED) is 0.847. The maximum atomic E-state index is 13.1. The zero-order valence-electron chi connectivity index (χ0n) is 12.1. The second-order valence-corrected chi connectivity index (χ2v) is 5.70. The fraction of sp³-hybridized carbons (Fsp3) is 0.400. The summed E-state index contributed by atoms with van der Waals surface area (Å²) in [7, 11) is 0. The number of halogens is 4. The lowest BCUT2D eigenvalue weighted by Crippen LogP contribution is -2.38. The van der Waals surface area contributed by atoms with Crippen LogP contribution in [0.15, 0.2) is 30.6 Å². The van der Waals surface area contributed by atoms with E-state index >= 15 is 0 Å². The maximum absolute atomic E-state index is 13.1. The first kappa shape index (κ1) is 16.3. The van der Waals surface area contributed by atoms with Crippen molar-refractivity contribution in [2.24, 2.45) is 0 Å². The number of nitrogens with zero attached hydrogens (tertiary/aromatic N) is 3. The summed E-state index contributed by atoms with van der Waals surface area (Å²) in [4.78, 5) is 5.95. The Labute approximate surface area is 136 Å². The monoisotopic (exact) mass is 345 g/mol. The number of ether oxygens (including phenoxy) is 1. The zero-order valence-corrected chi connectivity index (χ0v) is 12.9. The van der Waals surface area contributed by atoms with Crippen molar-refractivity contribution in [3.05, 3.63) is 52.8 Å². The lowest BCUT2D eigenvalue weighted by atomic mass is 10.1. The third kappa shape index (κ3) is 3.68. The van der Waals surface area contributed by atoms with E-state index in [-0.39, 0.29) is 12.6 Å². The Hall–Kier alpha value is -1.57. The molecule has 1 saturated heterocycles. The van der Waals surface area contributed by atoms with E-state index in [0.717, 1.165) is 4.57 Å². The Kier molecular flexibility index (Phi) is 4.89. The van der Waals surface area contributed by atoms with Crippen LogP contribution in [0.3, 0.4) is 0 Å². The van der Waals surface area contributed by atoms with Gasteiger partial charge in [-0.2, -0.15) is 8.78 Å². The van der Waals surface area contributed by atoms with Gasteiger partial charge in [-0.1, -0.05) is 17.7 Å². The highest BCUT2D eigenvalue weighted by molar-refractivity contribution is 6.31. The number of morpholine rings is 1. The van der Waals surface area contributed by atoms with E-state index in [1.807, 2.05) is 4.90 Å². The maximum Gasteiger partial charge on any atom is 0.319 e. The Morgan fingerprint density at radius 1 is 1.39 bits per heavy atom. The molecule has 8 heteroatoms. The summed E-state index contributed by atoms with van der Waals surface area (Å²) in [6.45, 7) is -0.813. The standard InChI is InChI=1S/C15H15ClF3N3O/c16-12-7-10(17)1-2-11(12)13-8-21(5-6-23-13)9-14-20-3-4-22(14)15(18)19/h1-4,7,13,15H,5-6,8-9H2/t13-/m0/s1. The van der Waals surface area contributed by atoms with Crippen LogP contribution in [0.1, 0.15) is 24.0 Å². The predicted molar refractivity (Wildman–Crippen MR) is 78.9 cm³/mol. The molecular formula is C15H15ClF3N3O. The van der Waals surface area contributed by atoms with E-state index in [1.165, 1.54) is 24.5 Å². The van der Waals surface area contributed by atoms with E-state index < -0.39 is 12.4 Å². The molecule has 2 heterocycles. The van der Waals surface area contributed by atoms with Crippen LogP contribution in [0.4, 0.5) is 13.2 Å². The molecule has 0 N–H and O–H groups in total. The first-order chi connectivity index (χ1) is 11.0. The fourth-order valence-corrected chi connectivity index (χ4v) is 2.93. The number of aromatic nitrogens is 2. The molecule has 1 fully saturated rings. The number of hydrogen-bond acceptors (Lipinski definition) is 3. The summed E-state index contributed by atoms with van der Waals surface area (Å²) < 4.78 is 45.4. The highest BCUT2D eigenvalue weighted by atomic mass is 35.5. The smallest absolute Gasteiger partial charge is 0.319 e. The van der Waals surface area contributed by atoms with Crippen LogP contribution in [0, 0.1) is 5.82 Å². The van der Waals surface area contributed by atoms with Crippen molar-refractivity contribution in [1.29, 1.82) is 0 Å². The Morgan fingerprint density at radius 3 is 2.96 bits per heavy atom. The molecule has 0 unspecified atom stereocenters. The van der Waals surface area contributed by atoms with Crippen molar-refractivity contribution < 1.29 is 17.9 Å². The third-order valence-corrected chi connectivity index (χ3v) is 4.11. The van der Waals surface area contributed by atoms with Crippen LogP contribution in [-0.2, 0) is 11.3 Å². The Morgan fingerprint density at radius 2 is 2.22 bits per heavy atom. The molecule has 23 heavy (non-hydrogen) atoms. The SMILES string of the molecule is Fc1ccc([C@@H]2CN(Cc3nccn3C(F)F)CCO2)c(Cl)c1. The van der Waals surface area contributed by atoms with Crippen molar-refractivity contribution in [3.8, 4) is 0 Å². The van der Waals surface area contributed by atoms with Crippen LogP contribution < -0.4 is 0 Å². The average Bonchev–Trinajstić information content (AvgIpc) is 2.96. The Balaban J connectivity index is 1.72. The molecule has 2 aromatic rings. The van der Waals surface area contributed by atoms with E-state index in [4.69, 9.17) is 16.3 Å². The van der Waals surface area contributed by atoms with Gasteiger partial charge in [0.15, 0.2) is 0 Å². The van der Waals surface area contributed by atoms with Crippen molar-refractivity contribution in [2.75, 3.05) is 19.7 Å². The second kappa shape index (κ2) is 6.90. The fourth-order valence-electron chi connectivity index (χ4n) is 2.64. The van der Waals surface area contributed by atoms with Gasteiger partial charge in [-0.15, -0.1) is 0 Å². The predicted octanol–water partition coefficient (Wildman–Crippen LogP) is 3.64. The molecule has 1 aromatic carbocycles. The lowest BCUT2D eigenvalue weighted by Gasteiger charge is -2.33. The zero-order chi connectivity index (χ0) is 16.4. The summed E-state index contributed by atoms with van der Waals surface area (Å²) in [6, 6.07) is 4.15. The molecule has 1 atom stereocenters. The summed E-state index contributed by atoms with van der Waals surface area (Å²) >= 11 is 6.07. The minimum atomic E-state index is -2.61. The number of benzene rings is 1. The van der Waals surface area contributed by atoms with Crippen LogP contribution >= 0.6 is 11.6 Å². The topological polar surface area (TPSA) is 30.3 Å². The van der Waals surface area contributed by atoms with Gasteiger partial charge in [0, 0.05) is 36.1 Å². The van der Waals surface area contributed by atoms with Gasteiger partial charge in [0.1, 0.15) is 11.6 Å². The van der Waals surface area contributed by atoms with Crippen molar-refractivity contribution >= 4 is 11.6 Å². The van der Waals surface area contributed by atoms with Crippen LogP contribution in [-0.4, -0.2) is 34.1 Å². The molecule has 1 aliphatic rings. The largest absolute Gasteiger partial charge is 0.371 e. The molecule has 1 aromatic heterocycles. The minimum Gasteiger partial charge on any atom is -0.371 e. The normalized spacial score (nSPS) is 19.4. The Bertz CT molecular complexity index is 680. The van der Waals surface area contributed by atoms with Gasteiger partial charge < -0.3 is 4.74 Å².